The van der Waals surface area contributed by atoms with E-state index in [1.807, 2.05) is 13.8 Å². The van der Waals surface area contributed by atoms with Crippen LogP contribution in [0.2, 0.25) is 0 Å². The molecule has 2 aliphatic heterocycles. The van der Waals surface area contributed by atoms with E-state index in [2.05, 4.69) is 10.2 Å². The fraction of sp³-hybridized carbons (Fsp3) is 0.938. The molecule has 0 radical (unpaired) electrons. The molecule has 6 nitrogen and oxygen atoms in total. The topological polar surface area (TPSA) is 79.2 Å². The van der Waals surface area contributed by atoms with Gasteiger partial charge in [0.25, 0.3) is 5.91 Å². The van der Waals surface area contributed by atoms with Gasteiger partial charge in [0.15, 0.2) is 11.6 Å². The maximum Gasteiger partial charge on any atom is 0.415 e. The Balaban J connectivity index is 1.65. The van der Waals surface area contributed by atoms with Gasteiger partial charge in [-0.05, 0) is 37.5 Å². The van der Waals surface area contributed by atoms with E-state index in [1.165, 1.54) is 0 Å². The lowest BCUT2D eigenvalue weighted by Crippen LogP contribution is -2.48. The van der Waals surface area contributed by atoms with Crippen molar-refractivity contribution in [2.24, 2.45) is 27.0 Å². The van der Waals surface area contributed by atoms with Gasteiger partial charge in [0, 0.05) is 11.8 Å². The van der Waals surface area contributed by atoms with Crippen LogP contribution in [0.25, 0.3) is 0 Å². The molecule has 146 valence electrons. The van der Waals surface area contributed by atoms with Gasteiger partial charge in [-0.1, -0.05) is 13.8 Å². The molecule has 2 bridgehead atoms. The highest BCUT2D eigenvalue weighted by Gasteiger charge is 2.73. The number of hydrogen-bond acceptors (Lipinski definition) is 5. The molecule has 1 unspecified atom stereocenters. The third kappa shape index (κ3) is 1.99. The summed E-state index contributed by atoms with van der Waals surface area (Å²) >= 11 is 0. The van der Waals surface area contributed by atoms with E-state index in [1.54, 1.807) is 0 Å². The molecular formula is C16H22F3N3O3S. The van der Waals surface area contributed by atoms with Crippen molar-refractivity contribution in [3.63, 3.8) is 0 Å². The molecule has 4 rings (SSSR count). The molecule has 0 aromatic heterocycles. The average Bonchev–Trinajstić information content (AvgIpc) is 3.13. The summed E-state index contributed by atoms with van der Waals surface area (Å²) in [7, 11) is -3.87. The summed E-state index contributed by atoms with van der Waals surface area (Å²) in [4.78, 5) is 12.9. The summed E-state index contributed by atoms with van der Waals surface area (Å²) in [5.41, 5.74) is -3.16. The number of nitrogens with zero attached hydrogens (tertiary/aromatic N) is 3. The Morgan fingerprint density at radius 1 is 1.23 bits per heavy atom. The molecule has 1 spiro atoms. The van der Waals surface area contributed by atoms with Crippen molar-refractivity contribution in [3.05, 3.63) is 0 Å². The molecule has 26 heavy (non-hydrogen) atoms. The van der Waals surface area contributed by atoms with Crippen molar-refractivity contribution in [1.29, 1.82) is 0 Å². The van der Waals surface area contributed by atoms with Gasteiger partial charge in [0.05, 0.1) is 11.8 Å². The van der Waals surface area contributed by atoms with Crippen molar-refractivity contribution in [3.8, 4) is 0 Å². The monoisotopic (exact) mass is 393 g/mol. The fourth-order valence-electron chi connectivity index (χ4n) is 5.69. The largest absolute Gasteiger partial charge is 0.415 e. The number of fused-ring (bicyclic) bond motifs is 1. The number of halogens is 3. The Labute approximate surface area is 150 Å². The van der Waals surface area contributed by atoms with Gasteiger partial charge in [-0.3, -0.25) is 4.79 Å². The van der Waals surface area contributed by atoms with E-state index in [0.717, 1.165) is 24.1 Å². The molecule has 5 atom stereocenters. The quantitative estimate of drug-likeness (QED) is 0.687. The van der Waals surface area contributed by atoms with Crippen LogP contribution in [0.5, 0.6) is 0 Å². The highest BCUT2D eigenvalue weighted by atomic mass is 32.2. The minimum Gasteiger partial charge on any atom is -0.271 e. The molecule has 3 fully saturated rings. The zero-order valence-electron chi connectivity index (χ0n) is 14.9. The molecule has 1 saturated heterocycles. The standard InChI is InChI=1S/C16H22F3N3O3S/c1-13(2)9-4-5-15(13)8-26(24,25)22(11(15)6-9)12(23)10-7-14(3,21-20-10)16(17,18)19/h9-11H,4-8H2,1-3H3/t9-,10?,11-,14+,15-/m1/s1. The summed E-state index contributed by atoms with van der Waals surface area (Å²) in [5, 5.41) is 6.80. The van der Waals surface area contributed by atoms with E-state index in [-0.39, 0.29) is 11.2 Å². The van der Waals surface area contributed by atoms with Gasteiger partial charge in [-0.15, -0.1) is 0 Å². The lowest BCUT2D eigenvalue weighted by molar-refractivity contribution is -0.179. The van der Waals surface area contributed by atoms with E-state index in [4.69, 9.17) is 0 Å². The first-order valence-corrected chi connectivity index (χ1v) is 10.4. The van der Waals surface area contributed by atoms with Crippen molar-refractivity contribution in [1.82, 2.24) is 4.31 Å². The van der Waals surface area contributed by atoms with Crippen LogP contribution in [-0.2, 0) is 14.8 Å². The fourth-order valence-corrected chi connectivity index (χ4v) is 8.26. The first-order chi connectivity index (χ1) is 11.8. The first-order valence-electron chi connectivity index (χ1n) is 8.80. The number of carbonyl (C=O) groups excluding carboxylic acids is 1. The van der Waals surface area contributed by atoms with Crippen LogP contribution in [0.1, 0.15) is 46.5 Å². The van der Waals surface area contributed by atoms with Gasteiger partial charge in [-0.2, -0.15) is 23.4 Å². The predicted molar refractivity (Wildman–Crippen MR) is 85.7 cm³/mol. The van der Waals surface area contributed by atoms with Gasteiger partial charge in [0.2, 0.25) is 10.0 Å². The van der Waals surface area contributed by atoms with Crippen LogP contribution < -0.4 is 0 Å². The third-order valence-electron chi connectivity index (χ3n) is 7.53. The molecule has 1 amide bonds. The van der Waals surface area contributed by atoms with Crippen molar-refractivity contribution >= 4 is 15.9 Å². The van der Waals surface area contributed by atoms with Crippen molar-refractivity contribution in [2.45, 2.75) is 70.3 Å². The summed E-state index contributed by atoms with van der Waals surface area (Å²) < 4.78 is 66.0. The number of rotatable bonds is 1. The van der Waals surface area contributed by atoms with Crippen molar-refractivity contribution in [2.75, 3.05) is 5.75 Å². The molecule has 2 aliphatic carbocycles. The second-order valence-corrected chi connectivity index (χ2v) is 10.8. The highest BCUT2D eigenvalue weighted by Crippen LogP contribution is 2.70. The zero-order valence-corrected chi connectivity index (χ0v) is 15.7. The number of sulfonamides is 1. The Hall–Kier alpha value is -1.19. The second-order valence-electron chi connectivity index (χ2n) is 8.96. The molecule has 0 aromatic rings. The van der Waals surface area contributed by atoms with E-state index in [9.17, 15) is 26.4 Å². The number of hydrogen-bond donors (Lipinski definition) is 0. The number of alkyl halides is 3. The SMILES string of the molecule is CC1(C)[C@@H]2CC[C@]13CS(=O)(=O)N(C(=O)C1C[C@@](C)(C(F)(F)F)N=N1)[C@@H]3C2. The van der Waals surface area contributed by atoms with Gasteiger partial charge in [0.1, 0.15) is 0 Å². The average molecular weight is 393 g/mol. The lowest BCUT2D eigenvalue weighted by atomic mass is 9.69. The highest BCUT2D eigenvalue weighted by molar-refractivity contribution is 7.90. The molecule has 10 heteroatoms. The predicted octanol–water partition coefficient (Wildman–Crippen LogP) is 2.90. The van der Waals surface area contributed by atoms with Gasteiger partial charge < -0.3 is 0 Å². The molecule has 0 N–H and O–H groups in total. The molecule has 4 aliphatic rings. The maximum atomic E-state index is 13.2. The molecule has 0 aromatic carbocycles. The second kappa shape index (κ2) is 4.80. The summed E-state index contributed by atoms with van der Waals surface area (Å²) in [6.07, 6.45) is -3.04. The summed E-state index contributed by atoms with van der Waals surface area (Å²) in [5.74, 6) is -0.642. The minimum absolute atomic E-state index is 0.111. The van der Waals surface area contributed by atoms with Crippen LogP contribution >= 0.6 is 0 Å². The minimum atomic E-state index is -4.63. The summed E-state index contributed by atoms with van der Waals surface area (Å²) in [6.45, 7) is 4.97. The smallest absolute Gasteiger partial charge is 0.271 e. The van der Waals surface area contributed by atoms with Gasteiger partial charge in [-0.25, -0.2) is 12.7 Å². The Morgan fingerprint density at radius 2 is 1.88 bits per heavy atom. The number of amides is 1. The van der Waals surface area contributed by atoms with Crippen LogP contribution in [-0.4, -0.2) is 48.2 Å². The van der Waals surface area contributed by atoms with Crippen LogP contribution in [0.4, 0.5) is 13.2 Å². The third-order valence-corrected chi connectivity index (χ3v) is 9.45. The molecule has 2 saturated carbocycles. The Bertz CT molecular complexity index is 809. The van der Waals surface area contributed by atoms with Crippen molar-refractivity contribution < 1.29 is 26.4 Å². The first kappa shape index (κ1) is 18.2. The van der Waals surface area contributed by atoms with Gasteiger partial charge >= 0.3 is 6.18 Å². The number of azo groups is 1. The van der Waals surface area contributed by atoms with Crippen LogP contribution in [0, 0.1) is 16.7 Å². The summed E-state index contributed by atoms with van der Waals surface area (Å²) in [6, 6.07) is -1.87. The Morgan fingerprint density at radius 3 is 2.42 bits per heavy atom. The normalized spacial score (nSPS) is 45.3. The lowest BCUT2D eigenvalue weighted by Gasteiger charge is -2.37. The van der Waals surface area contributed by atoms with Crippen LogP contribution in [0.15, 0.2) is 10.2 Å². The van der Waals surface area contributed by atoms with E-state index in [0.29, 0.717) is 12.3 Å². The maximum absolute atomic E-state index is 13.2. The molecule has 2 heterocycles. The van der Waals surface area contributed by atoms with Crippen LogP contribution in [0.3, 0.4) is 0 Å². The zero-order chi connectivity index (χ0) is 19.3. The number of carbonyl (C=O) groups is 1. The van der Waals surface area contributed by atoms with E-state index >= 15 is 0 Å². The van der Waals surface area contributed by atoms with E-state index < -0.39 is 51.6 Å². The Kier molecular flexibility index (Phi) is 3.36. The molecular weight excluding hydrogens is 371 g/mol.